The second kappa shape index (κ2) is 6.34. The molecule has 23 heavy (non-hydrogen) atoms. The highest BCUT2D eigenvalue weighted by Gasteiger charge is 2.30. The van der Waals surface area contributed by atoms with Crippen molar-refractivity contribution in [1.82, 2.24) is 5.32 Å². The summed E-state index contributed by atoms with van der Waals surface area (Å²) in [7, 11) is -1.62. The molecule has 0 saturated carbocycles. The number of rotatable bonds is 3. The highest BCUT2D eigenvalue weighted by molar-refractivity contribution is 7.92. The molecule has 2 aromatic carbocycles. The summed E-state index contributed by atoms with van der Waals surface area (Å²) in [4.78, 5) is 0.348. The third-order valence-corrected chi connectivity index (χ3v) is 6.22. The summed E-state index contributed by atoms with van der Waals surface area (Å²) in [6, 6.07) is 15.0. The van der Waals surface area contributed by atoms with Crippen molar-refractivity contribution in [2.24, 2.45) is 0 Å². The van der Waals surface area contributed by atoms with Gasteiger partial charge in [0.15, 0.2) is 0 Å². The molecule has 0 aliphatic carbocycles. The van der Waals surface area contributed by atoms with Gasteiger partial charge in [-0.3, -0.25) is 4.31 Å². The molecule has 0 bridgehead atoms. The molecule has 1 aliphatic rings. The maximum Gasteiger partial charge on any atom is 0.264 e. The van der Waals surface area contributed by atoms with Gasteiger partial charge < -0.3 is 5.32 Å². The Kier molecular flexibility index (Phi) is 4.41. The summed E-state index contributed by atoms with van der Waals surface area (Å²) < 4.78 is 27.8. The molecule has 0 spiro atoms. The van der Waals surface area contributed by atoms with E-state index in [1.807, 2.05) is 50.4 Å². The van der Waals surface area contributed by atoms with Gasteiger partial charge in [0.25, 0.3) is 10.0 Å². The second-order valence-electron chi connectivity index (χ2n) is 5.93. The zero-order valence-corrected chi connectivity index (χ0v) is 14.3. The van der Waals surface area contributed by atoms with E-state index in [1.165, 1.54) is 0 Å². The predicted molar refractivity (Wildman–Crippen MR) is 93.2 cm³/mol. The van der Waals surface area contributed by atoms with Crippen LogP contribution >= 0.6 is 0 Å². The van der Waals surface area contributed by atoms with E-state index in [2.05, 4.69) is 5.32 Å². The Hall–Kier alpha value is -1.85. The van der Waals surface area contributed by atoms with E-state index >= 15 is 0 Å². The van der Waals surface area contributed by atoms with Crippen molar-refractivity contribution in [3.05, 3.63) is 59.7 Å². The van der Waals surface area contributed by atoms with Crippen LogP contribution in [0.1, 0.15) is 30.0 Å². The summed E-state index contributed by atoms with van der Waals surface area (Å²) >= 11 is 0. The van der Waals surface area contributed by atoms with E-state index in [0.717, 1.165) is 29.7 Å². The van der Waals surface area contributed by atoms with E-state index in [-0.39, 0.29) is 6.04 Å². The van der Waals surface area contributed by atoms with Gasteiger partial charge in [-0.05, 0) is 50.6 Å². The number of sulfonamides is 1. The number of fused-ring (bicyclic) bond motifs is 1. The van der Waals surface area contributed by atoms with Gasteiger partial charge in [-0.25, -0.2) is 8.42 Å². The lowest BCUT2D eigenvalue weighted by molar-refractivity contribution is 0.543. The molecule has 1 aliphatic heterocycles. The largest absolute Gasteiger partial charge is 0.313 e. The zero-order valence-electron chi connectivity index (χ0n) is 13.5. The summed E-state index contributed by atoms with van der Waals surface area (Å²) in [6.45, 7) is 2.46. The Morgan fingerprint density at radius 1 is 1.09 bits per heavy atom. The average molecular weight is 330 g/mol. The molecule has 5 heteroatoms. The molecule has 0 amide bonds. The Bertz CT molecular complexity index is 785. The summed E-state index contributed by atoms with van der Waals surface area (Å²) in [5, 5.41) is 3.30. The SMILES string of the molecule is CNC1CCCN(S(=O)(=O)c2ccc(C)cc2)c2ccccc21. The average Bonchev–Trinajstić information content (AvgIpc) is 2.75. The third-order valence-electron chi connectivity index (χ3n) is 4.39. The first-order valence-corrected chi connectivity index (χ1v) is 9.33. The van der Waals surface area contributed by atoms with Crippen LogP contribution in [-0.4, -0.2) is 22.0 Å². The minimum Gasteiger partial charge on any atom is -0.313 e. The minimum absolute atomic E-state index is 0.185. The van der Waals surface area contributed by atoms with Crippen LogP contribution in [0.4, 0.5) is 5.69 Å². The first kappa shape index (κ1) is 16.0. The molecule has 0 aromatic heterocycles. The van der Waals surface area contributed by atoms with Crippen molar-refractivity contribution < 1.29 is 8.42 Å². The Labute approximate surface area is 138 Å². The molecule has 1 N–H and O–H groups in total. The van der Waals surface area contributed by atoms with Crippen LogP contribution in [0, 0.1) is 6.92 Å². The molecule has 0 radical (unpaired) electrons. The van der Waals surface area contributed by atoms with Gasteiger partial charge in [-0.1, -0.05) is 35.9 Å². The van der Waals surface area contributed by atoms with Gasteiger partial charge in [0.05, 0.1) is 10.6 Å². The van der Waals surface area contributed by atoms with Gasteiger partial charge in [0.2, 0.25) is 0 Å². The molecule has 1 unspecified atom stereocenters. The predicted octanol–water partition coefficient (Wildman–Crippen LogP) is 3.24. The Morgan fingerprint density at radius 3 is 2.48 bits per heavy atom. The highest BCUT2D eigenvalue weighted by Crippen LogP contribution is 2.35. The lowest BCUT2D eigenvalue weighted by Gasteiger charge is -2.25. The van der Waals surface area contributed by atoms with Crippen molar-refractivity contribution in [2.45, 2.75) is 30.7 Å². The summed E-state index contributed by atoms with van der Waals surface area (Å²) in [6.07, 6.45) is 1.75. The number of hydrogen-bond acceptors (Lipinski definition) is 3. The molecule has 0 saturated heterocycles. The van der Waals surface area contributed by atoms with Gasteiger partial charge in [0.1, 0.15) is 0 Å². The van der Waals surface area contributed by atoms with Crippen LogP contribution < -0.4 is 9.62 Å². The highest BCUT2D eigenvalue weighted by atomic mass is 32.2. The van der Waals surface area contributed by atoms with Crippen molar-refractivity contribution in [2.75, 3.05) is 17.9 Å². The first-order valence-electron chi connectivity index (χ1n) is 7.89. The maximum atomic E-state index is 13.1. The monoisotopic (exact) mass is 330 g/mol. The Morgan fingerprint density at radius 2 is 1.78 bits per heavy atom. The van der Waals surface area contributed by atoms with E-state index in [9.17, 15) is 8.42 Å². The minimum atomic E-state index is -3.54. The smallest absolute Gasteiger partial charge is 0.264 e. The zero-order chi connectivity index (χ0) is 16.4. The fourth-order valence-electron chi connectivity index (χ4n) is 3.11. The number of nitrogens with zero attached hydrogens (tertiary/aromatic N) is 1. The third kappa shape index (κ3) is 2.99. The van der Waals surface area contributed by atoms with Crippen LogP contribution in [0.25, 0.3) is 0 Å². The fourth-order valence-corrected chi connectivity index (χ4v) is 4.64. The Balaban J connectivity index is 2.09. The number of anilines is 1. The maximum absolute atomic E-state index is 13.1. The normalized spacial score (nSPS) is 18.3. The van der Waals surface area contributed by atoms with Crippen LogP contribution in [0.15, 0.2) is 53.4 Å². The van der Waals surface area contributed by atoms with Crippen molar-refractivity contribution in [1.29, 1.82) is 0 Å². The quantitative estimate of drug-likeness (QED) is 0.940. The molecule has 1 atom stereocenters. The molecule has 2 aromatic rings. The van der Waals surface area contributed by atoms with Gasteiger partial charge >= 0.3 is 0 Å². The first-order chi connectivity index (χ1) is 11.0. The van der Waals surface area contributed by atoms with E-state index in [0.29, 0.717) is 11.4 Å². The molecule has 1 heterocycles. The number of para-hydroxylation sites is 1. The summed E-state index contributed by atoms with van der Waals surface area (Å²) in [5.41, 5.74) is 2.88. The topological polar surface area (TPSA) is 49.4 Å². The number of nitrogens with one attached hydrogen (secondary N) is 1. The van der Waals surface area contributed by atoms with Crippen molar-refractivity contribution in [3.8, 4) is 0 Å². The van der Waals surface area contributed by atoms with Crippen molar-refractivity contribution >= 4 is 15.7 Å². The molecule has 3 rings (SSSR count). The second-order valence-corrected chi connectivity index (χ2v) is 7.79. The number of hydrogen-bond donors (Lipinski definition) is 1. The van der Waals surface area contributed by atoms with E-state index in [1.54, 1.807) is 16.4 Å². The molecular formula is C18H22N2O2S. The van der Waals surface area contributed by atoms with Crippen LogP contribution in [0.3, 0.4) is 0 Å². The van der Waals surface area contributed by atoms with Gasteiger partial charge in [0, 0.05) is 12.6 Å². The number of aryl methyl sites for hydroxylation is 1. The fraction of sp³-hybridized carbons (Fsp3) is 0.333. The molecule has 122 valence electrons. The van der Waals surface area contributed by atoms with Crippen LogP contribution in [0.5, 0.6) is 0 Å². The molecule has 4 nitrogen and oxygen atoms in total. The number of benzene rings is 2. The van der Waals surface area contributed by atoms with Crippen molar-refractivity contribution in [3.63, 3.8) is 0 Å². The van der Waals surface area contributed by atoms with Gasteiger partial charge in [-0.2, -0.15) is 0 Å². The van der Waals surface area contributed by atoms with Crippen LogP contribution in [-0.2, 0) is 10.0 Å². The lowest BCUT2D eigenvalue weighted by Crippen LogP contribution is -2.32. The molecular weight excluding hydrogens is 308 g/mol. The standard InChI is InChI=1S/C18H22N2O2S/c1-14-9-11-15(12-10-14)23(21,22)20-13-5-7-17(19-2)16-6-3-4-8-18(16)20/h3-4,6,8-12,17,19H,5,7,13H2,1-2H3. The van der Waals surface area contributed by atoms with E-state index in [4.69, 9.17) is 0 Å². The summed E-state index contributed by atoms with van der Waals surface area (Å²) in [5.74, 6) is 0. The van der Waals surface area contributed by atoms with Crippen LogP contribution in [0.2, 0.25) is 0 Å². The lowest BCUT2D eigenvalue weighted by atomic mass is 10.0. The van der Waals surface area contributed by atoms with Gasteiger partial charge in [-0.15, -0.1) is 0 Å². The van der Waals surface area contributed by atoms with E-state index < -0.39 is 10.0 Å². The molecule has 0 fully saturated rings.